The smallest absolute Gasteiger partial charge is 0.251 e. The van der Waals surface area contributed by atoms with Crippen LogP contribution in [0.25, 0.3) is 0 Å². The Morgan fingerprint density at radius 2 is 1.68 bits per heavy atom. The first-order valence-corrected chi connectivity index (χ1v) is 11.3. The van der Waals surface area contributed by atoms with E-state index in [9.17, 15) is 9.59 Å². The predicted octanol–water partition coefficient (Wildman–Crippen LogP) is 0.929. The maximum atomic E-state index is 12.7. The van der Waals surface area contributed by atoms with Crippen LogP contribution in [0.3, 0.4) is 0 Å². The van der Waals surface area contributed by atoms with Gasteiger partial charge in [-0.1, -0.05) is 17.7 Å². The lowest BCUT2D eigenvalue weighted by atomic mass is 10.1. The molecule has 0 aromatic heterocycles. The summed E-state index contributed by atoms with van der Waals surface area (Å²) in [6.45, 7) is 10.3. The van der Waals surface area contributed by atoms with Crippen molar-refractivity contribution in [2.45, 2.75) is 32.7 Å². The van der Waals surface area contributed by atoms with Crippen molar-refractivity contribution in [2.24, 2.45) is 4.99 Å². The monoisotopic (exact) mass is 428 g/mol. The van der Waals surface area contributed by atoms with Gasteiger partial charge in [-0.3, -0.25) is 19.5 Å². The molecule has 0 spiro atoms. The predicted molar refractivity (Wildman–Crippen MR) is 123 cm³/mol. The number of piperazine rings is 1. The van der Waals surface area contributed by atoms with Crippen LogP contribution in [-0.2, 0) is 4.79 Å². The highest BCUT2D eigenvalue weighted by Gasteiger charge is 2.30. The molecule has 31 heavy (non-hydrogen) atoms. The number of rotatable bonds is 6. The van der Waals surface area contributed by atoms with Gasteiger partial charge in [0.15, 0.2) is 5.96 Å². The summed E-state index contributed by atoms with van der Waals surface area (Å²) in [5.74, 6) is 1.03. The molecular weight excluding hydrogens is 392 g/mol. The van der Waals surface area contributed by atoms with Gasteiger partial charge in [-0.2, -0.15) is 0 Å². The van der Waals surface area contributed by atoms with Crippen LogP contribution in [-0.4, -0.2) is 97.9 Å². The standard InChI is InChI=1S/C23H36N6O2/c1-18-7-6-8-20(17-18)21(30)25-9-10-26-23(24-3)29-15-13-27(14-16-29)19(2)22(31)28-11-4-5-12-28/h6-8,17,19H,4-5,9-16H2,1-3H3,(H,24,26)(H,25,30). The van der Waals surface area contributed by atoms with Crippen LogP contribution in [0, 0.1) is 6.92 Å². The zero-order valence-corrected chi connectivity index (χ0v) is 19.1. The van der Waals surface area contributed by atoms with Gasteiger partial charge < -0.3 is 20.4 Å². The zero-order valence-electron chi connectivity index (χ0n) is 19.1. The second-order valence-corrected chi connectivity index (χ2v) is 8.33. The molecule has 8 heteroatoms. The summed E-state index contributed by atoms with van der Waals surface area (Å²) < 4.78 is 0. The molecule has 2 saturated heterocycles. The molecule has 2 aliphatic rings. The number of hydrogen-bond acceptors (Lipinski definition) is 4. The molecule has 1 unspecified atom stereocenters. The van der Waals surface area contributed by atoms with Crippen molar-refractivity contribution >= 4 is 17.8 Å². The molecule has 1 atom stereocenters. The quantitative estimate of drug-likeness (QED) is 0.400. The number of aliphatic imine (C=N–C) groups is 1. The van der Waals surface area contributed by atoms with Crippen molar-refractivity contribution in [1.29, 1.82) is 0 Å². The number of nitrogens with one attached hydrogen (secondary N) is 2. The first-order chi connectivity index (χ1) is 15.0. The van der Waals surface area contributed by atoms with Crippen LogP contribution in [0.2, 0.25) is 0 Å². The maximum Gasteiger partial charge on any atom is 0.251 e. The number of aryl methyl sites for hydroxylation is 1. The van der Waals surface area contributed by atoms with Gasteiger partial charge >= 0.3 is 0 Å². The Morgan fingerprint density at radius 1 is 1.00 bits per heavy atom. The Morgan fingerprint density at radius 3 is 2.32 bits per heavy atom. The van der Waals surface area contributed by atoms with Crippen LogP contribution < -0.4 is 10.6 Å². The van der Waals surface area contributed by atoms with Gasteiger partial charge in [-0.15, -0.1) is 0 Å². The van der Waals surface area contributed by atoms with Crippen LogP contribution in [0.4, 0.5) is 0 Å². The number of hydrogen-bond donors (Lipinski definition) is 2. The molecule has 2 N–H and O–H groups in total. The van der Waals surface area contributed by atoms with E-state index >= 15 is 0 Å². The highest BCUT2D eigenvalue weighted by Crippen LogP contribution is 2.14. The Kier molecular flexibility index (Phi) is 8.28. The number of likely N-dealkylation sites (tertiary alicyclic amines) is 1. The van der Waals surface area contributed by atoms with Crippen molar-refractivity contribution in [3.05, 3.63) is 35.4 Å². The third-order valence-corrected chi connectivity index (χ3v) is 6.12. The number of guanidine groups is 1. The summed E-state index contributed by atoms with van der Waals surface area (Å²) in [6.07, 6.45) is 2.25. The molecular formula is C23H36N6O2. The molecule has 8 nitrogen and oxygen atoms in total. The van der Waals surface area contributed by atoms with Gasteiger partial charge in [0.25, 0.3) is 5.91 Å². The van der Waals surface area contributed by atoms with E-state index in [0.29, 0.717) is 18.7 Å². The minimum atomic E-state index is -0.0641. The molecule has 0 bridgehead atoms. The summed E-state index contributed by atoms with van der Waals surface area (Å²) in [5.41, 5.74) is 1.75. The highest BCUT2D eigenvalue weighted by atomic mass is 16.2. The van der Waals surface area contributed by atoms with Crippen LogP contribution >= 0.6 is 0 Å². The largest absolute Gasteiger partial charge is 0.354 e. The summed E-state index contributed by atoms with van der Waals surface area (Å²) in [6, 6.07) is 7.52. The molecule has 2 heterocycles. The Bertz CT molecular complexity index is 782. The van der Waals surface area contributed by atoms with Crippen molar-refractivity contribution in [2.75, 3.05) is 59.4 Å². The van der Waals surface area contributed by atoms with E-state index in [1.807, 2.05) is 43.0 Å². The Labute approximate surface area is 185 Å². The van der Waals surface area contributed by atoms with E-state index in [1.165, 1.54) is 0 Å². The van der Waals surface area contributed by atoms with Crippen LogP contribution in [0.15, 0.2) is 29.3 Å². The van der Waals surface area contributed by atoms with E-state index in [2.05, 4.69) is 25.4 Å². The second-order valence-electron chi connectivity index (χ2n) is 8.33. The van der Waals surface area contributed by atoms with Crippen LogP contribution in [0.5, 0.6) is 0 Å². The van der Waals surface area contributed by atoms with Gasteiger partial charge in [0, 0.05) is 65.0 Å². The van der Waals surface area contributed by atoms with E-state index in [4.69, 9.17) is 0 Å². The summed E-state index contributed by atoms with van der Waals surface area (Å²) in [7, 11) is 1.78. The second kappa shape index (κ2) is 11.1. The fourth-order valence-corrected chi connectivity index (χ4v) is 4.25. The molecule has 170 valence electrons. The molecule has 0 aliphatic carbocycles. The van der Waals surface area contributed by atoms with E-state index in [-0.39, 0.29) is 17.9 Å². The number of nitrogens with zero attached hydrogens (tertiary/aromatic N) is 4. The molecule has 2 aliphatic heterocycles. The highest BCUT2D eigenvalue weighted by molar-refractivity contribution is 5.94. The zero-order chi connectivity index (χ0) is 22.2. The number of benzene rings is 1. The van der Waals surface area contributed by atoms with E-state index < -0.39 is 0 Å². The summed E-state index contributed by atoms with van der Waals surface area (Å²) >= 11 is 0. The lowest BCUT2D eigenvalue weighted by molar-refractivity contribution is -0.135. The average Bonchev–Trinajstić information content (AvgIpc) is 3.33. The first kappa shape index (κ1) is 23.1. The topological polar surface area (TPSA) is 80.3 Å². The SMILES string of the molecule is CN=C(NCCNC(=O)c1cccc(C)c1)N1CCN(C(C)C(=O)N2CCCC2)CC1. The third-order valence-electron chi connectivity index (χ3n) is 6.12. The lowest BCUT2D eigenvalue weighted by Gasteiger charge is -2.39. The Balaban J connectivity index is 1.39. The maximum absolute atomic E-state index is 12.7. The van der Waals surface area contributed by atoms with E-state index in [1.54, 1.807) is 7.05 Å². The minimum absolute atomic E-state index is 0.0629. The van der Waals surface area contributed by atoms with Crippen molar-refractivity contribution < 1.29 is 9.59 Å². The molecule has 0 radical (unpaired) electrons. The number of amides is 2. The van der Waals surface area contributed by atoms with Crippen molar-refractivity contribution in [3.63, 3.8) is 0 Å². The number of carbonyl (C=O) groups is 2. The molecule has 1 aromatic carbocycles. The van der Waals surface area contributed by atoms with Gasteiger partial charge in [-0.05, 0) is 38.8 Å². The summed E-state index contributed by atoms with van der Waals surface area (Å²) in [4.78, 5) is 35.8. The lowest BCUT2D eigenvalue weighted by Crippen LogP contribution is -2.57. The average molecular weight is 429 g/mol. The normalized spacial score (nSPS) is 18.7. The first-order valence-electron chi connectivity index (χ1n) is 11.3. The fraction of sp³-hybridized carbons (Fsp3) is 0.609. The van der Waals surface area contributed by atoms with Crippen LogP contribution in [0.1, 0.15) is 35.7 Å². The molecule has 3 rings (SSSR count). The van der Waals surface area contributed by atoms with Gasteiger partial charge in [0.2, 0.25) is 5.91 Å². The van der Waals surface area contributed by atoms with E-state index in [0.717, 1.165) is 63.6 Å². The molecule has 2 amide bonds. The molecule has 1 aromatic rings. The third kappa shape index (κ3) is 6.19. The van der Waals surface area contributed by atoms with Gasteiger partial charge in [0.05, 0.1) is 6.04 Å². The summed E-state index contributed by atoms with van der Waals surface area (Å²) in [5, 5.41) is 6.28. The minimum Gasteiger partial charge on any atom is -0.354 e. The van der Waals surface area contributed by atoms with Crippen molar-refractivity contribution in [3.8, 4) is 0 Å². The number of carbonyl (C=O) groups excluding carboxylic acids is 2. The van der Waals surface area contributed by atoms with Gasteiger partial charge in [0.1, 0.15) is 0 Å². The Hall–Kier alpha value is -2.61. The molecule has 2 fully saturated rings. The fourth-order valence-electron chi connectivity index (χ4n) is 4.25. The van der Waals surface area contributed by atoms with Gasteiger partial charge in [-0.25, -0.2) is 0 Å². The molecule has 0 saturated carbocycles. The van der Waals surface area contributed by atoms with Crippen molar-refractivity contribution in [1.82, 2.24) is 25.3 Å².